The van der Waals surface area contributed by atoms with Gasteiger partial charge in [-0.3, -0.25) is 4.98 Å². The molecule has 0 radical (unpaired) electrons. The summed E-state index contributed by atoms with van der Waals surface area (Å²) in [6, 6.07) is 12.1. The Morgan fingerprint density at radius 2 is 2.00 bits per heavy atom. The van der Waals surface area contributed by atoms with Gasteiger partial charge in [-0.2, -0.15) is 0 Å². The molecule has 0 spiro atoms. The number of nitrogens with zero attached hydrogens (tertiary/aromatic N) is 4. The van der Waals surface area contributed by atoms with Gasteiger partial charge >= 0.3 is 0 Å². The quantitative estimate of drug-likeness (QED) is 0.740. The van der Waals surface area contributed by atoms with Gasteiger partial charge in [0.15, 0.2) is 5.82 Å². The van der Waals surface area contributed by atoms with Crippen molar-refractivity contribution in [1.29, 1.82) is 0 Å². The highest BCUT2D eigenvalue weighted by atomic mass is 15.0. The van der Waals surface area contributed by atoms with Crippen molar-refractivity contribution < 1.29 is 0 Å². The summed E-state index contributed by atoms with van der Waals surface area (Å²) in [7, 11) is 0. The highest BCUT2D eigenvalue weighted by Crippen LogP contribution is 2.23. The summed E-state index contributed by atoms with van der Waals surface area (Å²) >= 11 is 0. The van der Waals surface area contributed by atoms with Crippen LogP contribution in [0.2, 0.25) is 0 Å². The Labute approximate surface area is 153 Å². The van der Waals surface area contributed by atoms with Gasteiger partial charge in [0.25, 0.3) is 0 Å². The van der Waals surface area contributed by atoms with Crippen molar-refractivity contribution in [3.8, 4) is 22.8 Å². The molecule has 0 aliphatic carbocycles. The van der Waals surface area contributed by atoms with Crippen molar-refractivity contribution >= 4 is 5.82 Å². The van der Waals surface area contributed by atoms with Crippen LogP contribution in [-0.2, 0) is 0 Å². The normalized spacial score (nSPS) is 17.0. The highest BCUT2D eigenvalue weighted by molar-refractivity contribution is 5.66. The van der Waals surface area contributed by atoms with Crippen LogP contribution in [-0.4, -0.2) is 39.6 Å². The Balaban J connectivity index is 1.64. The van der Waals surface area contributed by atoms with Crippen LogP contribution in [0.25, 0.3) is 22.8 Å². The maximum absolute atomic E-state index is 4.70. The van der Waals surface area contributed by atoms with Crippen molar-refractivity contribution in [2.24, 2.45) is 5.92 Å². The second kappa shape index (κ2) is 8.01. The van der Waals surface area contributed by atoms with Crippen molar-refractivity contribution in [1.82, 2.24) is 25.3 Å². The molecule has 1 aliphatic heterocycles. The van der Waals surface area contributed by atoms with E-state index in [4.69, 9.17) is 4.98 Å². The zero-order valence-electron chi connectivity index (χ0n) is 14.6. The van der Waals surface area contributed by atoms with Crippen molar-refractivity contribution in [3.05, 3.63) is 55.0 Å². The Morgan fingerprint density at radius 1 is 1.08 bits per heavy atom. The van der Waals surface area contributed by atoms with Crippen LogP contribution in [0.1, 0.15) is 12.8 Å². The van der Waals surface area contributed by atoms with E-state index in [0.717, 1.165) is 36.7 Å². The predicted octanol–water partition coefficient (Wildman–Crippen LogP) is 3.01. The molecule has 0 saturated carbocycles. The zero-order valence-corrected chi connectivity index (χ0v) is 14.6. The lowest BCUT2D eigenvalue weighted by Gasteiger charge is -2.23. The van der Waals surface area contributed by atoms with Crippen LogP contribution in [0.5, 0.6) is 0 Å². The molecule has 6 nitrogen and oxygen atoms in total. The molecule has 1 saturated heterocycles. The molecule has 1 aliphatic rings. The number of hydrogen-bond donors (Lipinski definition) is 2. The van der Waals surface area contributed by atoms with Gasteiger partial charge in [0.1, 0.15) is 11.5 Å². The minimum absolute atomic E-state index is 0.587. The molecule has 2 N–H and O–H groups in total. The first-order valence-electron chi connectivity index (χ1n) is 9.04. The monoisotopic (exact) mass is 346 g/mol. The molecule has 132 valence electrons. The van der Waals surface area contributed by atoms with Crippen LogP contribution in [0.15, 0.2) is 55.0 Å². The van der Waals surface area contributed by atoms with E-state index in [1.54, 1.807) is 18.6 Å². The molecule has 1 unspecified atom stereocenters. The average molecular weight is 346 g/mol. The summed E-state index contributed by atoms with van der Waals surface area (Å²) in [5.74, 6) is 2.03. The van der Waals surface area contributed by atoms with E-state index in [-0.39, 0.29) is 0 Å². The summed E-state index contributed by atoms with van der Waals surface area (Å²) in [6.45, 7) is 3.08. The standard InChI is InChI=1S/C20H22N6/c1-2-6-16(7-3-1)17-11-19(24-13-15-5-4-8-21-12-15)26-20(25-17)18-14-22-9-10-23-18/h1-3,6-7,9-11,14-15,21H,4-5,8,12-13H2,(H,24,25,26). The average Bonchev–Trinajstić information content (AvgIpc) is 2.74. The van der Waals surface area contributed by atoms with Gasteiger partial charge in [0.2, 0.25) is 0 Å². The minimum Gasteiger partial charge on any atom is -0.370 e. The molecule has 3 aromatic rings. The smallest absolute Gasteiger partial charge is 0.182 e. The lowest BCUT2D eigenvalue weighted by atomic mass is 10.00. The predicted molar refractivity (Wildman–Crippen MR) is 103 cm³/mol. The lowest BCUT2D eigenvalue weighted by molar-refractivity contribution is 0.392. The number of nitrogens with one attached hydrogen (secondary N) is 2. The minimum atomic E-state index is 0.587. The van der Waals surface area contributed by atoms with Gasteiger partial charge in [0.05, 0.1) is 11.9 Å². The van der Waals surface area contributed by atoms with Gasteiger partial charge in [-0.15, -0.1) is 0 Å². The van der Waals surface area contributed by atoms with E-state index >= 15 is 0 Å². The van der Waals surface area contributed by atoms with E-state index in [1.165, 1.54) is 12.8 Å². The fourth-order valence-corrected chi connectivity index (χ4v) is 3.17. The van der Waals surface area contributed by atoms with Gasteiger partial charge < -0.3 is 10.6 Å². The lowest BCUT2D eigenvalue weighted by Crippen LogP contribution is -2.33. The third kappa shape index (κ3) is 4.03. The summed E-state index contributed by atoms with van der Waals surface area (Å²) in [5, 5.41) is 6.95. The topological polar surface area (TPSA) is 75.6 Å². The molecule has 3 heterocycles. The zero-order chi connectivity index (χ0) is 17.6. The van der Waals surface area contributed by atoms with Crippen LogP contribution in [0.3, 0.4) is 0 Å². The SMILES string of the molecule is c1ccc(-c2cc(NCC3CCCNC3)nc(-c3cnccn3)n2)cc1. The number of aromatic nitrogens is 4. The molecule has 0 amide bonds. The molecular formula is C20H22N6. The number of piperidine rings is 1. The second-order valence-electron chi connectivity index (χ2n) is 6.51. The number of anilines is 1. The van der Waals surface area contributed by atoms with Crippen LogP contribution < -0.4 is 10.6 Å². The van der Waals surface area contributed by atoms with E-state index < -0.39 is 0 Å². The maximum atomic E-state index is 4.70. The molecular weight excluding hydrogens is 324 g/mol. The van der Waals surface area contributed by atoms with Crippen molar-refractivity contribution in [2.45, 2.75) is 12.8 Å². The first-order valence-corrected chi connectivity index (χ1v) is 9.04. The van der Waals surface area contributed by atoms with Gasteiger partial charge in [-0.05, 0) is 31.8 Å². The second-order valence-corrected chi connectivity index (χ2v) is 6.51. The third-order valence-electron chi connectivity index (χ3n) is 4.56. The highest BCUT2D eigenvalue weighted by Gasteiger charge is 2.14. The van der Waals surface area contributed by atoms with Gasteiger partial charge in [0, 0.05) is 30.6 Å². The van der Waals surface area contributed by atoms with Crippen molar-refractivity contribution in [3.63, 3.8) is 0 Å². The van der Waals surface area contributed by atoms with E-state index in [0.29, 0.717) is 17.4 Å². The van der Waals surface area contributed by atoms with E-state index in [9.17, 15) is 0 Å². The fourth-order valence-electron chi connectivity index (χ4n) is 3.17. The summed E-state index contributed by atoms with van der Waals surface area (Å²) in [6.07, 6.45) is 7.48. The fraction of sp³-hybridized carbons (Fsp3) is 0.300. The largest absolute Gasteiger partial charge is 0.370 e. The molecule has 4 rings (SSSR count). The van der Waals surface area contributed by atoms with Crippen LogP contribution >= 0.6 is 0 Å². The Hall–Kier alpha value is -2.86. The number of hydrogen-bond acceptors (Lipinski definition) is 6. The number of benzene rings is 1. The third-order valence-corrected chi connectivity index (χ3v) is 4.56. The summed E-state index contributed by atoms with van der Waals surface area (Å²) in [4.78, 5) is 17.9. The van der Waals surface area contributed by atoms with E-state index in [2.05, 4.69) is 37.7 Å². The first-order chi connectivity index (χ1) is 12.9. The summed E-state index contributed by atoms with van der Waals surface area (Å²) in [5.41, 5.74) is 2.61. The summed E-state index contributed by atoms with van der Waals surface area (Å²) < 4.78 is 0. The molecule has 1 fully saturated rings. The molecule has 26 heavy (non-hydrogen) atoms. The van der Waals surface area contributed by atoms with Gasteiger partial charge in [-0.1, -0.05) is 30.3 Å². The molecule has 1 aromatic carbocycles. The Bertz CT molecular complexity index is 774. The molecule has 0 bridgehead atoms. The van der Waals surface area contributed by atoms with Crippen molar-refractivity contribution in [2.75, 3.05) is 25.0 Å². The maximum Gasteiger partial charge on any atom is 0.182 e. The van der Waals surface area contributed by atoms with E-state index in [1.807, 2.05) is 24.3 Å². The Kier molecular flexibility index (Phi) is 5.12. The molecule has 2 aromatic heterocycles. The first kappa shape index (κ1) is 16.6. The Morgan fingerprint density at radius 3 is 2.77 bits per heavy atom. The molecule has 1 atom stereocenters. The van der Waals surface area contributed by atoms with Crippen LogP contribution in [0, 0.1) is 5.92 Å². The number of rotatable bonds is 5. The molecule has 6 heteroatoms. The van der Waals surface area contributed by atoms with Crippen LogP contribution in [0.4, 0.5) is 5.82 Å². The van der Waals surface area contributed by atoms with Gasteiger partial charge in [-0.25, -0.2) is 15.0 Å².